The third-order valence-electron chi connectivity index (χ3n) is 3.04. The maximum Gasteiger partial charge on any atom is 0.0743 e. The molecule has 0 aliphatic heterocycles. The first-order chi connectivity index (χ1) is 8.58. The summed E-state index contributed by atoms with van der Waals surface area (Å²) >= 11 is 0. The van der Waals surface area contributed by atoms with E-state index in [0.717, 1.165) is 29.7 Å². The molecule has 96 valence electrons. The summed E-state index contributed by atoms with van der Waals surface area (Å²) in [7, 11) is 6.27. The number of nitrogens with zero attached hydrogens (tertiary/aromatic N) is 3. The van der Waals surface area contributed by atoms with E-state index in [2.05, 4.69) is 35.9 Å². The van der Waals surface area contributed by atoms with Gasteiger partial charge in [-0.1, -0.05) is 0 Å². The second-order valence-corrected chi connectivity index (χ2v) is 4.83. The smallest absolute Gasteiger partial charge is 0.0743 e. The third-order valence-corrected chi connectivity index (χ3v) is 3.04. The van der Waals surface area contributed by atoms with Gasteiger partial charge in [-0.15, -0.1) is 0 Å². The molecule has 0 saturated heterocycles. The Morgan fingerprint density at radius 3 is 2.61 bits per heavy atom. The summed E-state index contributed by atoms with van der Waals surface area (Å²) in [6.45, 7) is 2.01. The third kappa shape index (κ3) is 2.71. The minimum atomic E-state index is 0.753. The first-order valence-electron chi connectivity index (χ1n) is 6.08. The van der Waals surface area contributed by atoms with Gasteiger partial charge in [0.1, 0.15) is 0 Å². The van der Waals surface area contributed by atoms with Crippen molar-refractivity contribution in [2.75, 3.05) is 44.9 Å². The van der Waals surface area contributed by atoms with Crippen LogP contribution in [0.15, 0.2) is 30.5 Å². The van der Waals surface area contributed by atoms with Crippen LogP contribution in [0.5, 0.6) is 0 Å². The van der Waals surface area contributed by atoms with E-state index in [1.807, 2.05) is 30.5 Å². The molecule has 0 atom stereocenters. The van der Waals surface area contributed by atoms with Gasteiger partial charge in [0.2, 0.25) is 0 Å². The zero-order valence-electron chi connectivity index (χ0n) is 11.2. The molecule has 0 unspecified atom stereocenters. The van der Waals surface area contributed by atoms with Crippen molar-refractivity contribution in [3.63, 3.8) is 0 Å². The molecule has 18 heavy (non-hydrogen) atoms. The van der Waals surface area contributed by atoms with E-state index in [4.69, 9.17) is 5.73 Å². The molecule has 2 aromatic rings. The standard InChI is InChI=1S/C14H20N4/c1-17(2)8-9-18(3)14-6-7-16-13-10-11(15)4-5-12(13)14/h4-7,10H,8-9,15H2,1-3H3. The molecule has 0 aliphatic carbocycles. The fourth-order valence-corrected chi connectivity index (χ4v) is 1.95. The highest BCUT2D eigenvalue weighted by atomic mass is 15.2. The molecule has 2 rings (SSSR count). The molecule has 1 heterocycles. The first kappa shape index (κ1) is 12.6. The molecular formula is C14H20N4. The van der Waals surface area contributed by atoms with Crippen molar-refractivity contribution in [3.8, 4) is 0 Å². The monoisotopic (exact) mass is 244 g/mol. The van der Waals surface area contributed by atoms with Gasteiger partial charge < -0.3 is 15.5 Å². The number of aromatic nitrogens is 1. The Hall–Kier alpha value is -1.81. The average molecular weight is 244 g/mol. The summed E-state index contributed by atoms with van der Waals surface area (Å²) in [4.78, 5) is 8.79. The fourth-order valence-electron chi connectivity index (χ4n) is 1.95. The first-order valence-corrected chi connectivity index (χ1v) is 6.08. The zero-order valence-corrected chi connectivity index (χ0v) is 11.2. The molecule has 0 bridgehead atoms. The SMILES string of the molecule is CN(C)CCN(C)c1ccnc2cc(N)ccc12. The number of nitrogens with two attached hydrogens (primary N) is 1. The van der Waals surface area contributed by atoms with Crippen molar-refractivity contribution < 1.29 is 0 Å². The number of pyridine rings is 1. The highest BCUT2D eigenvalue weighted by molar-refractivity contribution is 5.93. The summed E-state index contributed by atoms with van der Waals surface area (Å²) < 4.78 is 0. The molecule has 0 radical (unpaired) electrons. The van der Waals surface area contributed by atoms with Gasteiger partial charge in [0.25, 0.3) is 0 Å². The van der Waals surface area contributed by atoms with Crippen molar-refractivity contribution >= 4 is 22.3 Å². The van der Waals surface area contributed by atoms with Crippen LogP contribution in [-0.2, 0) is 0 Å². The Morgan fingerprint density at radius 2 is 1.89 bits per heavy atom. The lowest BCUT2D eigenvalue weighted by atomic mass is 10.1. The predicted octanol–water partition coefficient (Wildman–Crippen LogP) is 1.81. The number of hydrogen-bond acceptors (Lipinski definition) is 4. The Balaban J connectivity index is 2.32. The van der Waals surface area contributed by atoms with Gasteiger partial charge in [-0.3, -0.25) is 4.98 Å². The minimum Gasteiger partial charge on any atom is -0.399 e. The van der Waals surface area contributed by atoms with Gasteiger partial charge in [-0.2, -0.15) is 0 Å². The lowest BCUT2D eigenvalue weighted by molar-refractivity contribution is 0.416. The van der Waals surface area contributed by atoms with E-state index < -0.39 is 0 Å². The number of likely N-dealkylation sites (N-methyl/N-ethyl adjacent to an activating group) is 2. The predicted molar refractivity (Wildman–Crippen MR) is 78.0 cm³/mol. The van der Waals surface area contributed by atoms with E-state index in [-0.39, 0.29) is 0 Å². The second kappa shape index (κ2) is 5.23. The van der Waals surface area contributed by atoms with Crippen molar-refractivity contribution in [2.24, 2.45) is 0 Å². The molecule has 0 saturated carbocycles. The van der Waals surface area contributed by atoms with Crippen LogP contribution >= 0.6 is 0 Å². The summed E-state index contributed by atoms with van der Waals surface area (Å²) in [5, 5.41) is 1.15. The van der Waals surface area contributed by atoms with Gasteiger partial charge in [0.05, 0.1) is 5.52 Å². The maximum absolute atomic E-state index is 5.79. The summed E-state index contributed by atoms with van der Waals surface area (Å²) in [6, 6.07) is 7.93. The van der Waals surface area contributed by atoms with E-state index in [9.17, 15) is 0 Å². The van der Waals surface area contributed by atoms with Crippen LogP contribution in [0, 0.1) is 0 Å². The molecular weight excluding hydrogens is 224 g/mol. The van der Waals surface area contributed by atoms with E-state index in [0.29, 0.717) is 0 Å². The van der Waals surface area contributed by atoms with Crippen LogP contribution in [0.2, 0.25) is 0 Å². The lowest BCUT2D eigenvalue weighted by Gasteiger charge is -2.22. The molecule has 0 spiro atoms. The van der Waals surface area contributed by atoms with Gasteiger partial charge in [0.15, 0.2) is 0 Å². The van der Waals surface area contributed by atoms with Crippen LogP contribution in [0.25, 0.3) is 10.9 Å². The van der Waals surface area contributed by atoms with Crippen molar-refractivity contribution in [2.45, 2.75) is 0 Å². The van der Waals surface area contributed by atoms with Crippen molar-refractivity contribution in [1.29, 1.82) is 0 Å². The Bertz CT molecular complexity index is 536. The molecule has 0 amide bonds. The number of hydrogen-bond donors (Lipinski definition) is 1. The van der Waals surface area contributed by atoms with Crippen LogP contribution in [0.1, 0.15) is 0 Å². The number of nitrogen functional groups attached to an aromatic ring is 1. The summed E-state index contributed by atoms with van der Waals surface area (Å²) in [6.07, 6.45) is 1.84. The number of fused-ring (bicyclic) bond motifs is 1. The molecule has 4 heteroatoms. The minimum absolute atomic E-state index is 0.753. The second-order valence-electron chi connectivity index (χ2n) is 4.83. The number of anilines is 2. The number of rotatable bonds is 4. The quantitative estimate of drug-likeness (QED) is 0.833. The van der Waals surface area contributed by atoms with E-state index in [1.54, 1.807) is 0 Å². The zero-order chi connectivity index (χ0) is 13.1. The van der Waals surface area contributed by atoms with Crippen molar-refractivity contribution in [1.82, 2.24) is 9.88 Å². The van der Waals surface area contributed by atoms with E-state index in [1.165, 1.54) is 5.69 Å². The van der Waals surface area contributed by atoms with Gasteiger partial charge >= 0.3 is 0 Å². The highest BCUT2D eigenvalue weighted by Crippen LogP contribution is 2.25. The number of benzene rings is 1. The van der Waals surface area contributed by atoms with Crippen LogP contribution in [0.3, 0.4) is 0 Å². The van der Waals surface area contributed by atoms with Crippen molar-refractivity contribution in [3.05, 3.63) is 30.5 Å². The largest absolute Gasteiger partial charge is 0.399 e. The molecule has 0 fully saturated rings. The van der Waals surface area contributed by atoms with E-state index >= 15 is 0 Å². The molecule has 0 aliphatic rings. The van der Waals surface area contributed by atoms with Gasteiger partial charge in [-0.25, -0.2) is 0 Å². The van der Waals surface area contributed by atoms with Crippen LogP contribution < -0.4 is 10.6 Å². The van der Waals surface area contributed by atoms with Crippen LogP contribution in [-0.4, -0.2) is 44.1 Å². The Labute approximate surface area is 108 Å². The van der Waals surface area contributed by atoms with Gasteiger partial charge in [0, 0.05) is 43.1 Å². The summed E-state index contributed by atoms with van der Waals surface area (Å²) in [5.74, 6) is 0. The topological polar surface area (TPSA) is 45.4 Å². The highest BCUT2D eigenvalue weighted by Gasteiger charge is 2.07. The molecule has 1 aromatic carbocycles. The molecule has 4 nitrogen and oxygen atoms in total. The normalized spacial score (nSPS) is 11.1. The Morgan fingerprint density at radius 1 is 1.11 bits per heavy atom. The Kier molecular flexibility index (Phi) is 3.67. The lowest BCUT2D eigenvalue weighted by Crippen LogP contribution is -2.28. The molecule has 1 aromatic heterocycles. The van der Waals surface area contributed by atoms with Crippen LogP contribution in [0.4, 0.5) is 11.4 Å². The van der Waals surface area contributed by atoms with Gasteiger partial charge in [-0.05, 0) is 38.4 Å². The molecule has 2 N–H and O–H groups in total. The summed E-state index contributed by atoms with van der Waals surface area (Å²) in [5.41, 5.74) is 8.69. The fraction of sp³-hybridized carbons (Fsp3) is 0.357. The maximum atomic E-state index is 5.79. The average Bonchev–Trinajstić information content (AvgIpc) is 2.34.